The van der Waals surface area contributed by atoms with Gasteiger partial charge in [-0.05, 0) is 61.6 Å². The first-order valence-electron chi connectivity index (χ1n) is 6.91. The number of aromatic hydroxyl groups is 1. The van der Waals surface area contributed by atoms with Crippen LogP contribution in [0.25, 0.3) is 0 Å². The lowest BCUT2D eigenvalue weighted by Gasteiger charge is -2.04. The average molecular weight is 278 g/mol. The number of rotatable bonds is 2. The number of phenolic OH excluding ortho intramolecular Hbond substituents is 1. The lowest BCUT2D eigenvalue weighted by molar-refractivity contribution is 0.473. The Balaban J connectivity index is 0.000000211. The van der Waals surface area contributed by atoms with Gasteiger partial charge in [-0.2, -0.15) is 0 Å². The van der Waals surface area contributed by atoms with E-state index in [-0.39, 0.29) is 5.75 Å². The van der Waals surface area contributed by atoms with Gasteiger partial charge in [0.15, 0.2) is 0 Å². The Morgan fingerprint density at radius 3 is 2.48 bits per heavy atom. The molecular weight excluding hydrogens is 256 g/mol. The largest absolute Gasteiger partial charge is 0.507 e. The Morgan fingerprint density at radius 1 is 1.19 bits per heavy atom. The molecule has 0 saturated carbocycles. The molecule has 2 aromatic rings. The van der Waals surface area contributed by atoms with Crippen LogP contribution in [0.2, 0.25) is 0 Å². The highest BCUT2D eigenvalue weighted by Crippen LogP contribution is 2.16. The monoisotopic (exact) mass is 278 g/mol. The van der Waals surface area contributed by atoms with Crippen molar-refractivity contribution < 1.29 is 5.11 Å². The molecule has 0 heterocycles. The minimum atomic E-state index is 0.183. The van der Waals surface area contributed by atoms with Crippen molar-refractivity contribution in [3.05, 3.63) is 76.9 Å². The second kappa shape index (κ2) is 7.97. The third-order valence-corrected chi connectivity index (χ3v) is 3.39. The maximum Gasteiger partial charge on any atom is 0.131 e. The molecule has 0 saturated heterocycles. The van der Waals surface area contributed by atoms with E-state index in [1.807, 2.05) is 19.1 Å². The van der Waals surface area contributed by atoms with Crippen LogP contribution in [0.15, 0.2) is 49.1 Å². The van der Waals surface area contributed by atoms with Crippen molar-refractivity contribution in [1.29, 1.82) is 0 Å². The fourth-order valence-corrected chi connectivity index (χ4v) is 1.95. The van der Waals surface area contributed by atoms with E-state index in [9.17, 15) is 0 Å². The van der Waals surface area contributed by atoms with E-state index in [2.05, 4.69) is 44.5 Å². The van der Waals surface area contributed by atoms with Crippen LogP contribution in [0, 0.1) is 33.1 Å². The van der Waals surface area contributed by atoms with Crippen LogP contribution in [0.3, 0.4) is 0 Å². The minimum absolute atomic E-state index is 0.183. The molecule has 21 heavy (non-hydrogen) atoms. The van der Waals surface area contributed by atoms with Gasteiger partial charge in [0.05, 0.1) is 5.56 Å². The van der Waals surface area contributed by atoms with Gasteiger partial charge in [0.1, 0.15) is 5.75 Å². The molecule has 0 bridgehead atoms. The van der Waals surface area contributed by atoms with Crippen molar-refractivity contribution >= 4 is 0 Å². The molecule has 0 spiro atoms. The van der Waals surface area contributed by atoms with E-state index >= 15 is 0 Å². The van der Waals surface area contributed by atoms with Crippen LogP contribution in [0.1, 0.15) is 27.8 Å². The Bertz CT molecular complexity index is 660. The average Bonchev–Trinajstić information content (AvgIpc) is 2.45. The SMILES string of the molecule is C#Cc1ccc(C)cc1O.C=CCc1cccc(C)c1C. The van der Waals surface area contributed by atoms with Gasteiger partial charge in [0, 0.05) is 0 Å². The maximum absolute atomic E-state index is 9.15. The predicted molar refractivity (Wildman–Crippen MR) is 90.6 cm³/mol. The first-order chi connectivity index (χ1) is 9.99. The van der Waals surface area contributed by atoms with Gasteiger partial charge >= 0.3 is 0 Å². The fourth-order valence-electron chi connectivity index (χ4n) is 1.95. The molecule has 1 N–H and O–H groups in total. The number of hydrogen-bond donors (Lipinski definition) is 1. The molecule has 108 valence electrons. The summed E-state index contributed by atoms with van der Waals surface area (Å²) < 4.78 is 0. The van der Waals surface area contributed by atoms with Gasteiger partial charge in [0.2, 0.25) is 0 Å². The summed E-state index contributed by atoms with van der Waals surface area (Å²) in [4.78, 5) is 0. The molecule has 0 aromatic heterocycles. The standard InChI is InChI=1S/C11H14.C9H8O/c1-4-6-11-8-5-7-9(2)10(11)3;1-3-8-5-4-7(2)6-9(8)10/h4-5,7-8H,1,6H2,2-3H3;1,4-6,10H,2H3. The van der Waals surface area contributed by atoms with E-state index in [0.29, 0.717) is 5.56 Å². The number of benzene rings is 2. The van der Waals surface area contributed by atoms with Crippen molar-refractivity contribution in [2.75, 3.05) is 0 Å². The number of hydrogen-bond acceptors (Lipinski definition) is 1. The number of phenols is 1. The van der Waals surface area contributed by atoms with Gasteiger partial charge in [-0.1, -0.05) is 36.3 Å². The van der Waals surface area contributed by atoms with Crippen LogP contribution < -0.4 is 0 Å². The summed E-state index contributed by atoms with van der Waals surface area (Å²) in [5, 5.41) is 9.15. The number of aryl methyl sites for hydroxylation is 2. The molecule has 0 aliphatic heterocycles. The fraction of sp³-hybridized carbons (Fsp3) is 0.200. The van der Waals surface area contributed by atoms with Gasteiger partial charge in [-0.25, -0.2) is 0 Å². The normalized spacial score (nSPS) is 9.24. The van der Waals surface area contributed by atoms with E-state index in [1.54, 1.807) is 12.1 Å². The quantitative estimate of drug-likeness (QED) is 0.623. The molecule has 0 aliphatic carbocycles. The summed E-state index contributed by atoms with van der Waals surface area (Å²) in [5.41, 5.74) is 5.71. The zero-order valence-corrected chi connectivity index (χ0v) is 13.0. The van der Waals surface area contributed by atoms with Gasteiger partial charge < -0.3 is 5.11 Å². The van der Waals surface area contributed by atoms with Crippen LogP contribution >= 0.6 is 0 Å². The van der Waals surface area contributed by atoms with Crippen LogP contribution in [0.5, 0.6) is 5.75 Å². The smallest absolute Gasteiger partial charge is 0.131 e. The highest BCUT2D eigenvalue weighted by Gasteiger charge is 1.96. The van der Waals surface area contributed by atoms with Crippen molar-refractivity contribution in [3.8, 4) is 18.1 Å². The van der Waals surface area contributed by atoms with E-state index in [0.717, 1.165) is 12.0 Å². The second-order valence-corrected chi connectivity index (χ2v) is 5.02. The lowest BCUT2D eigenvalue weighted by Crippen LogP contribution is -1.88. The Hall–Kier alpha value is -2.46. The Labute approximate surface area is 128 Å². The van der Waals surface area contributed by atoms with E-state index in [4.69, 9.17) is 11.5 Å². The Morgan fingerprint density at radius 2 is 1.90 bits per heavy atom. The van der Waals surface area contributed by atoms with Crippen LogP contribution in [-0.2, 0) is 6.42 Å². The molecule has 0 unspecified atom stereocenters. The number of allylic oxidation sites excluding steroid dienone is 1. The zero-order valence-electron chi connectivity index (χ0n) is 13.0. The molecule has 0 amide bonds. The first kappa shape index (κ1) is 16.6. The summed E-state index contributed by atoms with van der Waals surface area (Å²) in [6.45, 7) is 9.93. The second-order valence-electron chi connectivity index (χ2n) is 5.02. The molecule has 1 heteroatoms. The summed E-state index contributed by atoms with van der Waals surface area (Å²) in [6.07, 6.45) is 8.02. The number of terminal acetylenes is 1. The summed E-state index contributed by atoms with van der Waals surface area (Å²) in [5.74, 6) is 2.56. The molecule has 0 atom stereocenters. The van der Waals surface area contributed by atoms with Crippen molar-refractivity contribution in [2.24, 2.45) is 0 Å². The summed E-state index contributed by atoms with van der Waals surface area (Å²) in [7, 11) is 0. The highest BCUT2D eigenvalue weighted by atomic mass is 16.3. The predicted octanol–water partition coefficient (Wildman–Crippen LogP) is 4.71. The first-order valence-corrected chi connectivity index (χ1v) is 6.91. The summed E-state index contributed by atoms with van der Waals surface area (Å²) >= 11 is 0. The van der Waals surface area contributed by atoms with Crippen LogP contribution in [-0.4, -0.2) is 5.11 Å². The van der Waals surface area contributed by atoms with Crippen LogP contribution in [0.4, 0.5) is 0 Å². The van der Waals surface area contributed by atoms with Gasteiger partial charge in [0.25, 0.3) is 0 Å². The topological polar surface area (TPSA) is 20.2 Å². The molecule has 1 nitrogen and oxygen atoms in total. The molecule has 0 radical (unpaired) electrons. The van der Waals surface area contributed by atoms with Crippen molar-refractivity contribution in [2.45, 2.75) is 27.2 Å². The third-order valence-electron chi connectivity index (χ3n) is 3.39. The minimum Gasteiger partial charge on any atom is -0.507 e. The Kier molecular flexibility index (Phi) is 6.30. The maximum atomic E-state index is 9.15. The van der Waals surface area contributed by atoms with Crippen molar-refractivity contribution in [1.82, 2.24) is 0 Å². The molecule has 2 rings (SSSR count). The lowest BCUT2D eigenvalue weighted by atomic mass is 10.0. The molecule has 0 fully saturated rings. The molecular formula is C20H22O. The third kappa shape index (κ3) is 4.85. The van der Waals surface area contributed by atoms with E-state index < -0.39 is 0 Å². The van der Waals surface area contributed by atoms with Crippen molar-refractivity contribution in [3.63, 3.8) is 0 Å². The highest BCUT2D eigenvalue weighted by molar-refractivity contribution is 5.45. The summed E-state index contributed by atoms with van der Waals surface area (Å²) in [6, 6.07) is 11.6. The zero-order chi connectivity index (χ0) is 15.8. The van der Waals surface area contributed by atoms with Gasteiger partial charge in [-0.3, -0.25) is 0 Å². The van der Waals surface area contributed by atoms with Gasteiger partial charge in [-0.15, -0.1) is 13.0 Å². The molecule has 0 aliphatic rings. The van der Waals surface area contributed by atoms with E-state index in [1.165, 1.54) is 16.7 Å². The molecule has 2 aromatic carbocycles.